The van der Waals surface area contributed by atoms with Crippen LogP contribution in [0.25, 0.3) is 11.1 Å². The molecule has 4 rings (SSSR count). The van der Waals surface area contributed by atoms with Crippen LogP contribution in [-0.4, -0.2) is 6.61 Å². The van der Waals surface area contributed by atoms with E-state index in [0.29, 0.717) is 5.92 Å². The Labute approximate surface area is 107 Å². The molecule has 2 aliphatic rings. The molecule has 90 valence electrons. The molecule has 2 unspecified atom stereocenters. The Hall–Kier alpha value is -1.60. The van der Waals surface area contributed by atoms with Gasteiger partial charge in [0, 0.05) is 12.5 Å². The molecule has 0 radical (unpaired) electrons. The van der Waals surface area contributed by atoms with Gasteiger partial charge in [0.15, 0.2) is 0 Å². The number of fused-ring (bicyclic) bond motifs is 6. The number of benzene rings is 2. The van der Waals surface area contributed by atoms with Crippen molar-refractivity contribution in [2.75, 3.05) is 6.61 Å². The first kappa shape index (κ1) is 10.3. The van der Waals surface area contributed by atoms with Crippen molar-refractivity contribution in [1.82, 2.24) is 0 Å². The fraction of sp³-hybridized carbons (Fsp3) is 0.294. The van der Waals surface area contributed by atoms with Crippen LogP contribution in [0.1, 0.15) is 36.0 Å². The van der Waals surface area contributed by atoms with E-state index in [1.807, 2.05) is 0 Å². The molecule has 2 aromatic carbocycles. The Kier molecular flexibility index (Phi) is 2.27. The van der Waals surface area contributed by atoms with Crippen LogP contribution in [0.15, 0.2) is 48.5 Å². The first-order chi connectivity index (χ1) is 8.95. The molecule has 0 aromatic heterocycles. The highest BCUT2D eigenvalue weighted by Gasteiger charge is 2.35. The van der Waals surface area contributed by atoms with Gasteiger partial charge in [-0.1, -0.05) is 48.5 Å². The van der Waals surface area contributed by atoms with Crippen LogP contribution in [0.2, 0.25) is 0 Å². The van der Waals surface area contributed by atoms with E-state index in [9.17, 15) is 0 Å². The maximum Gasteiger partial charge on any atom is 0.0899 e. The van der Waals surface area contributed by atoms with E-state index in [0.717, 1.165) is 6.61 Å². The lowest BCUT2D eigenvalue weighted by Crippen LogP contribution is -2.25. The van der Waals surface area contributed by atoms with E-state index in [-0.39, 0.29) is 6.10 Å². The van der Waals surface area contributed by atoms with Crippen molar-refractivity contribution >= 4 is 0 Å². The summed E-state index contributed by atoms with van der Waals surface area (Å²) in [7, 11) is 0. The van der Waals surface area contributed by atoms with Gasteiger partial charge in [-0.2, -0.15) is 0 Å². The maximum atomic E-state index is 6.07. The number of hydrogen-bond acceptors (Lipinski definition) is 1. The summed E-state index contributed by atoms with van der Waals surface area (Å²) in [5.41, 5.74) is 5.61. The Balaban J connectivity index is 1.99. The van der Waals surface area contributed by atoms with Crippen LogP contribution >= 0.6 is 0 Å². The topological polar surface area (TPSA) is 9.23 Å². The predicted octanol–water partition coefficient (Wildman–Crippen LogP) is 4.30. The molecular formula is C17H16O. The van der Waals surface area contributed by atoms with Crippen molar-refractivity contribution in [2.24, 2.45) is 0 Å². The smallest absolute Gasteiger partial charge is 0.0899 e. The van der Waals surface area contributed by atoms with Gasteiger partial charge in [0.2, 0.25) is 0 Å². The number of ether oxygens (including phenoxy) is 1. The molecule has 1 fully saturated rings. The molecule has 1 saturated heterocycles. The van der Waals surface area contributed by atoms with Crippen LogP contribution in [0.4, 0.5) is 0 Å². The van der Waals surface area contributed by atoms with Crippen LogP contribution in [-0.2, 0) is 4.74 Å². The molecule has 0 spiro atoms. The molecule has 1 heterocycles. The fourth-order valence-corrected chi connectivity index (χ4v) is 3.46. The summed E-state index contributed by atoms with van der Waals surface area (Å²) in [6.07, 6.45) is 2.69. The van der Waals surface area contributed by atoms with E-state index in [1.54, 1.807) is 0 Å². The Morgan fingerprint density at radius 3 is 2.33 bits per heavy atom. The monoisotopic (exact) mass is 236 g/mol. The lowest BCUT2D eigenvalue weighted by atomic mass is 9.74. The second-order valence-corrected chi connectivity index (χ2v) is 5.21. The SMILES string of the molecule is c1ccc2c(c1)-c1ccccc1C1OCCCC21. The Morgan fingerprint density at radius 1 is 0.833 bits per heavy atom. The van der Waals surface area contributed by atoms with Gasteiger partial charge in [0.05, 0.1) is 6.10 Å². The van der Waals surface area contributed by atoms with E-state index in [1.165, 1.54) is 35.1 Å². The van der Waals surface area contributed by atoms with Crippen molar-refractivity contribution in [3.63, 3.8) is 0 Å². The van der Waals surface area contributed by atoms with Gasteiger partial charge in [-0.25, -0.2) is 0 Å². The van der Waals surface area contributed by atoms with Crippen LogP contribution < -0.4 is 0 Å². The largest absolute Gasteiger partial charge is 0.373 e. The normalized spacial score (nSPS) is 24.9. The minimum atomic E-state index is 0.268. The molecule has 2 atom stereocenters. The zero-order valence-corrected chi connectivity index (χ0v) is 10.3. The third-order valence-electron chi connectivity index (χ3n) is 4.24. The zero-order valence-electron chi connectivity index (χ0n) is 10.3. The summed E-state index contributed by atoms with van der Waals surface area (Å²) in [4.78, 5) is 0. The third-order valence-corrected chi connectivity index (χ3v) is 4.24. The molecule has 1 heteroatoms. The Morgan fingerprint density at radius 2 is 1.50 bits per heavy atom. The summed E-state index contributed by atoms with van der Waals surface area (Å²) in [5.74, 6) is 0.546. The highest BCUT2D eigenvalue weighted by atomic mass is 16.5. The molecule has 0 bridgehead atoms. The van der Waals surface area contributed by atoms with E-state index < -0.39 is 0 Å². The first-order valence-corrected chi connectivity index (χ1v) is 6.75. The third kappa shape index (κ3) is 1.37. The van der Waals surface area contributed by atoms with E-state index in [2.05, 4.69) is 48.5 Å². The first-order valence-electron chi connectivity index (χ1n) is 6.75. The van der Waals surface area contributed by atoms with Gasteiger partial charge in [-0.3, -0.25) is 0 Å². The average Bonchev–Trinajstić information content (AvgIpc) is 2.48. The van der Waals surface area contributed by atoms with Crippen LogP contribution in [0.3, 0.4) is 0 Å². The summed E-state index contributed by atoms with van der Waals surface area (Å²) in [6.45, 7) is 0.900. The van der Waals surface area contributed by atoms with Crippen molar-refractivity contribution in [3.8, 4) is 11.1 Å². The number of hydrogen-bond donors (Lipinski definition) is 0. The summed E-state index contributed by atoms with van der Waals surface area (Å²) < 4.78 is 6.07. The molecule has 0 saturated carbocycles. The molecule has 2 aromatic rings. The van der Waals surface area contributed by atoms with Gasteiger partial charge in [0.1, 0.15) is 0 Å². The van der Waals surface area contributed by atoms with E-state index >= 15 is 0 Å². The molecule has 18 heavy (non-hydrogen) atoms. The quantitative estimate of drug-likeness (QED) is 0.662. The highest BCUT2D eigenvalue weighted by Crippen LogP contribution is 2.50. The maximum absolute atomic E-state index is 6.07. The molecule has 1 aliphatic heterocycles. The van der Waals surface area contributed by atoms with Gasteiger partial charge < -0.3 is 4.74 Å². The molecule has 0 N–H and O–H groups in total. The minimum Gasteiger partial charge on any atom is -0.373 e. The number of rotatable bonds is 0. The van der Waals surface area contributed by atoms with Crippen LogP contribution in [0, 0.1) is 0 Å². The molecule has 1 nitrogen and oxygen atoms in total. The molecular weight excluding hydrogens is 220 g/mol. The van der Waals surface area contributed by atoms with Crippen molar-refractivity contribution < 1.29 is 4.74 Å². The lowest BCUT2D eigenvalue weighted by Gasteiger charge is -2.38. The van der Waals surface area contributed by atoms with Crippen LogP contribution in [0.5, 0.6) is 0 Å². The van der Waals surface area contributed by atoms with Gasteiger partial charge >= 0.3 is 0 Å². The molecule has 1 aliphatic carbocycles. The van der Waals surface area contributed by atoms with Gasteiger partial charge in [-0.05, 0) is 35.1 Å². The summed E-state index contributed by atoms with van der Waals surface area (Å²) in [6, 6.07) is 17.5. The summed E-state index contributed by atoms with van der Waals surface area (Å²) in [5, 5.41) is 0. The van der Waals surface area contributed by atoms with Crippen molar-refractivity contribution in [3.05, 3.63) is 59.7 Å². The van der Waals surface area contributed by atoms with Gasteiger partial charge in [-0.15, -0.1) is 0 Å². The van der Waals surface area contributed by atoms with Crippen molar-refractivity contribution in [2.45, 2.75) is 24.9 Å². The summed E-state index contributed by atoms with van der Waals surface area (Å²) >= 11 is 0. The minimum absolute atomic E-state index is 0.268. The van der Waals surface area contributed by atoms with Gasteiger partial charge in [0.25, 0.3) is 0 Å². The zero-order chi connectivity index (χ0) is 11.9. The Bertz CT molecular complexity index is 534. The molecule has 0 amide bonds. The standard InChI is InChI=1S/C17H16O/c1-2-7-14-12(6-1)13-8-3-4-9-15(13)17-16(14)10-5-11-18-17/h1-4,6-9,16-17H,5,10-11H2. The van der Waals surface area contributed by atoms with Crippen molar-refractivity contribution in [1.29, 1.82) is 0 Å². The average molecular weight is 236 g/mol. The van der Waals surface area contributed by atoms with E-state index in [4.69, 9.17) is 4.74 Å². The second kappa shape index (κ2) is 3.96. The second-order valence-electron chi connectivity index (χ2n) is 5.21. The lowest BCUT2D eigenvalue weighted by molar-refractivity contribution is -0.00312. The fourth-order valence-electron chi connectivity index (χ4n) is 3.46. The highest BCUT2D eigenvalue weighted by molar-refractivity contribution is 5.74. The predicted molar refractivity (Wildman–Crippen MR) is 72.5 cm³/mol.